The van der Waals surface area contributed by atoms with Crippen LogP contribution in [-0.4, -0.2) is 22.6 Å². The van der Waals surface area contributed by atoms with Crippen LogP contribution in [0.3, 0.4) is 0 Å². The highest BCUT2D eigenvalue weighted by Gasteiger charge is 2.41. The molecule has 0 radical (unpaired) electrons. The summed E-state index contributed by atoms with van der Waals surface area (Å²) in [4.78, 5) is 19.8. The lowest BCUT2D eigenvalue weighted by molar-refractivity contribution is -0.139. The second-order valence-electron chi connectivity index (χ2n) is 6.43. The van der Waals surface area contributed by atoms with E-state index in [0.29, 0.717) is 17.9 Å². The van der Waals surface area contributed by atoms with Gasteiger partial charge in [0.05, 0.1) is 29.6 Å². The molecule has 6 heteroatoms. The van der Waals surface area contributed by atoms with Gasteiger partial charge in [0, 0.05) is 9.88 Å². The third-order valence-corrected chi connectivity index (χ3v) is 5.99. The predicted molar refractivity (Wildman–Crippen MR) is 118 cm³/mol. The third kappa shape index (κ3) is 3.42. The second kappa shape index (κ2) is 7.97. The molecule has 0 amide bonds. The summed E-state index contributed by atoms with van der Waals surface area (Å²) in [6.45, 7) is 4.02. The maximum atomic E-state index is 12.9. The van der Waals surface area contributed by atoms with Crippen LogP contribution < -0.4 is 0 Å². The molecule has 0 saturated carbocycles. The van der Waals surface area contributed by atoms with Crippen molar-refractivity contribution >= 4 is 44.5 Å². The van der Waals surface area contributed by atoms with E-state index >= 15 is 0 Å². The standard InChI is InChI=1S/C22H19BrN2O2S/c1-3-27-21(26)19-14(2)24-22-25(20(19)16-10-7-11-17(23)12-16)18(13-28-22)15-8-5-4-6-9-15/h4-13,20H,3H2,1-2H3/t20-/m1/s1. The number of hydrogen-bond donors (Lipinski definition) is 0. The Hall–Kier alpha value is -2.31. The number of carbonyl (C=O) groups is 1. The Balaban J connectivity index is 1.88. The van der Waals surface area contributed by atoms with Gasteiger partial charge in [-0.05, 0) is 37.1 Å². The van der Waals surface area contributed by atoms with Crippen molar-refractivity contribution in [3.05, 3.63) is 86.9 Å². The van der Waals surface area contributed by atoms with E-state index in [1.807, 2.05) is 56.3 Å². The van der Waals surface area contributed by atoms with Crippen LogP contribution in [0.25, 0.3) is 5.70 Å². The summed E-state index contributed by atoms with van der Waals surface area (Å²) >= 11 is 5.14. The largest absolute Gasteiger partial charge is 0.463 e. The number of amidine groups is 1. The van der Waals surface area contributed by atoms with Crippen LogP contribution in [0.15, 0.2) is 80.7 Å². The van der Waals surface area contributed by atoms with Crippen molar-refractivity contribution in [2.75, 3.05) is 6.61 Å². The van der Waals surface area contributed by atoms with Crippen LogP contribution in [0.5, 0.6) is 0 Å². The summed E-state index contributed by atoms with van der Waals surface area (Å²) in [5.41, 5.74) is 4.40. The molecule has 0 spiro atoms. The minimum Gasteiger partial charge on any atom is -0.463 e. The molecule has 28 heavy (non-hydrogen) atoms. The van der Waals surface area contributed by atoms with Gasteiger partial charge in [0.1, 0.15) is 0 Å². The Bertz CT molecular complexity index is 1010. The van der Waals surface area contributed by atoms with Crippen LogP contribution in [-0.2, 0) is 9.53 Å². The molecule has 0 N–H and O–H groups in total. The number of esters is 1. The van der Waals surface area contributed by atoms with Gasteiger partial charge in [0.25, 0.3) is 0 Å². The average molecular weight is 455 g/mol. The summed E-state index contributed by atoms with van der Waals surface area (Å²) in [5.74, 6) is -0.322. The number of halogens is 1. The lowest BCUT2D eigenvalue weighted by Gasteiger charge is -2.36. The Morgan fingerprint density at radius 3 is 2.71 bits per heavy atom. The van der Waals surface area contributed by atoms with Crippen LogP contribution in [0.1, 0.15) is 31.0 Å². The summed E-state index contributed by atoms with van der Waals surface area (Å²) in [7, 11) is 0. The normalized spacial score (nSPS) is 18.5. The molecular formula is C22H19BrN2O2S. The molecule has 2 aromatic carbocycles. The van der Waals surface area contributed by atoms with Gasteiger partial charge in [-0.1, -0.05) is 70.2 Å². The first-order valence-corrected chi connectivity index (χ1v) is 10.7. The number of nitrogens with zero attached hydrogens (tertiary/aromatic N) is 2. The van der Waals surface area contributed by atoms with Crippen LogP contribution in [0.2, 0.25) is 0 Å². The molecule has 142 valence electrons. The molecule has 0 unspecified atom stereocenters. The Morgan fingerprint density at radius 2 is 2.00 bits per heavy atom. The maximum absolute atomic E-state index is 12.9. The van der Waals surface area contributed by atoms with E-state index in [0.717, 1.165) is 26.5 Å². The van der Waals surface area contributed by atoms with E-state index in [1.165, 1.54) is 0 Å². The predicted octanol–water partition coefficient (Wildman–Crippen LogP) is 5.74. The summed E-state index contributed by atoms with van der Waals surface area (Å²) in [6, 6.07) is 17.9. The molecule has 2 aromatic rings. The molecule has 4 rings (SSSR count). The summed E-state index contributed by atoms with van der Waals surface area (Å²) in [6.07, 6.45) is 0. The number of rotatable bonds is 4. The number of thioether (sulfide) groups is 1. The highest BCUT2D eigenvalue weighted by molar-refractivity contribution is 9.10. The molecule has 0 fully saturated rings. The van der Waals surface area contributed by atoms with Crippen molar-refractivity contribution in [3.8, 4) is 0 Å². The quantitative estimate of drug-likeness (QED) is 0.551. The van der Waals surface area contributed by atoms with E-state index in [9.17, 15) is 4.79 Å². The SMILES string of the molecule is CCOC(=O)C1=C(C)N=C2SC=C(c3ccccc3)N2[C@@H]1c1cccc(Br)c1. The van der Waals surface area contributed by atoms with Crippen molar-refractivity contribution in [1.29, 1.82) is 0 Å². The third-order valence-electron chi connectivity index (χ3n) is 4.66. The van der Waals surface area contributed by atoms with Gasteiger partial charge >= 0.3 is 5.97 Å². The van der Waals surface area contributed by atoms with Gasteiger partial charge in [-0.3, -0.25) is 0 Å². The first kappa shape index (κ1) is 19.0. The van der Waals surface area contributed by atoms with Crippen molar-refractivity contribution in [2.24, 2.45) is 4.99 Å². The topological polar surface area (TPSA) is 41.9 Å². The van der Waals surface area contributed by atoms with Gasteiger partial charge in [0.15, 0.2) is 5.17 Å². The van der Waals surface area contributed by atoms with Gasteiger partial charge in [-0.25, -0.2) is 9.79 Å². The maximum Gasteiger partial charge on any atom is 0.338 e. The van der Waals surface area contributed by atoms with Crippen LogP contribution in [0, 0.1) is 0 Å². The molecule has 2 aliphatic rings. The molecule has 0 bridgehead atoms. The van der Waals surface area contributed by atoms with Gasteiger partial charge in [0.2, 0.25) is 0 Å². The van der Waals surface area contributed by atoms with Crippen LogP contribution in [0.4, 0.5) is 0 Å². The van der Waals surface area contributed by atoms with E-state index in [-0.39, 0.29) is 12.0 Å². The molecule has 0 saturated heterocycles. The fraction of sp³-hybridized carbons (Fsp3) is 0.182. The summed E-state index contributed by atoms with van der Waals surface area (Å²) in [5, 5.41) is 2.97. The van der Waals surface area contributed by atoms with Crippen molar-refractivity contribution in [3.63, 3.8) is 0 Å². The van der Waals surface area contributed by atoms with Crippen molar-refractivity contribution in [1.82, 2.24) is 4.90 Å². The monoisotopic (exact) mass is 454 g/mol. The number of allylic oxidation sites excluding steroid dienone is 1. The van der Waals surface area contributed by atoms with Gasteiger partial charge in [-0.15, -0.1) is 0 Å². The van der Waals surface area contributed by atoms with Crippen molar-refractivity contribution < 1.29 is 9.53 Å². The van der Waals surface area contributed by atoms with E-state index in [2.05, 4.69) is 38.4 Å². The number of fused-ring (bicyclic) bond motifs is 1. The van der Waals surface area contributed by atoms with E-state index in [4.69, 9.17) is 9.73 Å². The Kier molecular flexibility index (Phi) is 5.42. The first-order valence-electron chi connectivity index (χ1n) is 9.03. The number of carbonyl (C=O) groups excluding carboxylic acids is 1. The van der Waals surface area contributed by atoms with Gasteiger partial charge in [-0.2, -0.15) is 0 Å². The second-order valence-corrected chi connectivity index (χ2v) is 8.18. The van der Waals surface area contributed by atoms with Crippen LogP contribution >= 0.6 is 27.7 Å². The number of benzene rings is 2. The fourth-order valence-corrected chi connectivity index (χ4v) is 4.85. The minimum absolute atomic E-state index is 0.300. The zero-order valence-electron chi connectivity index (χ0n) is 15.6. The molecule has 1 atom stereocenters. The molecular weight excluding hydrogens is 436 g/mol. The number of aliphatic imine (C=N–C) groups is 1. The van der Waals surface area contributed by atoms with E-state index < -0.39 is 0 Å². The summed E-state index contributed by atoms with van der Waals surface area (Å²) < 4.78 is 6.36. The molecule has 0 aromatic heterocycles. The zero-order chi connectivity index (χ0) is 19.7. The Morgan fingerprint density at radius 1 is 1.21 bits per heavy atom. The molecule has 4 nitrogen and oxygen atoms in total. The average Bonchev–Trinajstić information content (AvgIpc) is 3.11. The molecule has 2 heterocycles. The lowest BCUT2D eigenvalue weighted by Crippen LogP contribution is -2.36. The van der Waals surface area contributed by atoms with Crippen molar-refractivity contribution in [2.45, 2.75) is 19.9 Å². The lowest BCUT2D eigenvalue weighted by atomic mass is 9.93. The fourth-order valence-electron chi connectivity index (χ4n) is 3.46. The zero-order valence-corrected chi connectivity index (χ0v) is 18.0. The number of hydrogen-bond acceptors (Lipinski definition) is 5. The first-order chi connectivity index (χ1) is 13.6. The number of ether oxygens (including phenoxy) is 1. The highest BCUT2D eigenvalue weighted by atomic mass is 79.9. The highest BCUT2D eigenvalue weighted by Crippen LogP contribution is 2.47. The van der Waals surface area contributed by atoms with E-state index in [1.54, 1.807) is 11.8 Å². The smallest absolute Gasteiger partial charge is 0.338 e. The van der Waals surface area contributed by atoms with Gasteiger partial charge < -0.3 is 9.64 Å². The molecule has 2 aliphatic heterocycles. The minimum atomic E-state index is -0.322. The Labute approximate surface area is 177 Å². The molecule has 0 aliphatic carbocycles.